The van der Waals surface area contributed by atoms with Crippen LogP contribution in [0.25, 0.3) is 5.78 Å². The highest BCUT2D eigenvalue weighted by atomic mass is 32.2. The molecule has 176 valence electrons. The van der Waals surface area contributed by atoms with Crippen LogP contribution in [0.5, 0.6) is 0 Å². The van der Waals surface area contributed by atoms with Crippen molar-refractivity contribution in [3.8, 4) is 0 Å². The number of aromatic nitrogens is 4. The van der Waals surface area contributed by atoms with Crippen LogP contribution in [-0.2, 0) is 16.0 Å². The first kappa shape index (κ1) is 23.7. The number of hydrogen-bond donors (Lipinski definition) is 1. The number of carbonyl (C=O) groups is 1. The normalized spacial score (nSPS) is 15.6. The number of thioether (sulfide) groups is 1. The zero-order chi connectivity index (χ0) is 23.4. The second-order valence-electron chi connectivity index (χ2n) is 9.07. The zero-order valence-corrected chi connectivity index (χ0v) is 20.7. The Labute approximate surface area is 199 Å². The molecule has 3 heterocycles. The molecule has 1 aliphatic rings. The Bertz CT molecular complexity index is 1120. The minimum absolute atomic E-state index is 0.000336. The van der Waals surface area contributed by atoms with Crippen LogP contribution in [0, 0.1) is 20.8 Å². The molecule has 1 fully saturated rings. The lowest BCUT2D eigenvalue weighted by atomic mass is 10.0. The number of carbonyl (C=O) groups excluding carboxylic acids is 1. The van der Waals surface area contributed by atoms with Gasteiger partial charge in [-0.05, 0) is 31.9 Å². The summed E-state index contributed by atoms with van der Waals surface area (Å²) in [5.41, 5.74) is 5.64. The maximum atomic E-state index is 12.3. The lowest BCUT2D eigenvalue weighted by Crippen LogP contribution is -2.54. The molecule has 1 aliphatic heterocycles. The molecular formula is C24H33N6O2S+. The van der Waals surface area contributed by atoms with Crippen molar-refractivity contribution in [2.45, 2.75) is 32.3 Å². The Morgan fingerprint density at radius 2 is 1.88 bits per heavy atom. The van der Waals surface area contributed by atoms with Crippen molar-refractivity contribution in [2.75, 3.05) is 52.2 Å². The first-order valence-electron chi connectivity index (χ1n) is 11.4. The van der Waals surface area contributed by atoms with Gasteiger partial charge in [0.25, 0.3) is 5.78 Å². The SMILES string of the molecule is Cc1ccc(Cc2c(C)nc3nc(SCC(=O)NCC[N+]4(C)CCOCC4)nn3c2C)cc1. The lowest BCUT2D eigenvalue weighted by Gasteiger charge is -2.37. The molecule has 0 bridgehead atoms. The highest BCUT2D eigenvalue weighted by Gasteiger charge is 2.24. The molecule has 0 spiro atoms. The van der Waals surface area contributed by atoms with Gasteiger partial charge in [-0.1, -0.05) is 41.6 Å². The zero-order valence-electron chi connectivity index (χ0n) is 19.9. The summed E-state index contributed by atoms with van der Waals surface area (Å²) in [4.78, 5) is 21.5. The first-order chi connectivity index (χ1) is 15.8. The van der Waals surface area contributed by atoms with Crippen LogP contribution in [0.3, 0.4) is 0 Å². The molecule has 0 saturated carbocycles. The number of likely N-dealkylation sites (N-methyl/N-ethyl adjacent to an activating group) is 1. The van der Waals surface area contributed by atoms with Crippen LogP contribution < -0.4 is 5.32 Å². The molecule has 9 heteroatoms. The third-order valence-electron chi connectivity index (χ3n) is 6.39. The third-order valence-corrected chi connectivity index (χ3v) is 7.23. The predicted molar refractivity (Wildman–Crippen MR) is 130 cm³/mol. The van der Waals surface area contributed by atoms with Gasteiger partial charge in [-0.3, -0.25) is 4.79 Å². The number of aryl methyl sites for hydroxylation is 3. The molecule has 3 aromatic rings. The van der Waals surface area contributed by atoms with E-state index in [1.165, 1.54) is 22.9 Å². The third kappa shape index (κ3) is 5.90. The van der Waals surface area contributed by atoms with Crippen molar-refractivity contribution in [1.82, 2.24) is 24.9 Å². The van der Waals surface area contributed by atoms with E-state index >= 15 is 0 Å². The molecule has 8 nitrogen and oxygen atoms in total. The number of amides is 1. The van der Waals surface area contributed by atoms with Gasteiger partial charge < -0.3 is 14.5 Å². The molecule has 1 amide bonds. The Morgan fingerprint density at radius 3 is 2.61 bits per heavy atom. The molecule has 0 atom stereocenters. The Hall–Kier alpha value is -2.49. The first-order valence-corrected chi connectivity index (χ1v) is 12.4. The van der Waals surface area contributed by atoms with Crippen molar-refractivity contribution in [1.29, 1.82) is 0 Å². The van der Waals surface area contributed by atoms with Crippen LogP contribution in [0.15, 0.2) is 29.4 Å². The number of morpholine rings is 1. The van der Waals surface area contributed by atoms with E-state index in [1.54, 1.807) is 4.52 Å². The minimum atomic E-state index is -0.000336. The molecule has 0 radical (unpaired) electrons. The van der Waals surface area contributed by atoms with E-state index in [0.717, 1.165) is 60.7 Å². The number of quaternary nitrogens is 1. The lowest BCUT2D eigenvalue weighted by molar-refractivity contribution is -0.915. The van der Waals surface area contributed by atoms with Crippen LogP contribution in [-0.4, -0.2) is 82.2 Å². The van der Waals surface area contributed by atoms with E-state index in [1.807, 2.05) is 6.92 Å². The number of nitrogens with one attached hydrogen (secondary N) is 1. The molecule has 1 saturated heterocycles. The minimum Gasteiger partial charge on any atom is -0.370 e. The molecule has 0 aliphatic carbocycles. The van der Waals surface area contributed by atoms with Gasteiger partial charge in [-0.15, -0.1) is 5.10 Å². The summed E-state index contributed by atoms with van der Waals surface area (Å²) in [5, 5.41) is 8.21. The Kier molecular flexibility index (Phi) is 7.31. The molecule has 1 aromatic carbocycles. The summed E-state index contributed by atoms with van der Waals surface area (Å²) >= 11 is 1.35. The van der Waals surface area contributed by atoms with Gasteiger partial charge in [0.2, 0.25) is 11.1 Å². The van der Waals surface area contributed by atoms with Gasteiger partial charge in [0.15, 0.2) is 0 Å². The standard InChI is InChI=1S/C24H32N6O2S/c1-17-5-7-20(8-6-17)15-21-18(2)26-23-27-24(28-29(23)19(21)3)33-16-22(31)25-9-10-30(4)11-13-32-14-12-30/h5-8H,9-16H2,1-4H3/p+1. The topological polar surface area (TPSA) is 81.4 Å². The van der Waals surface area contributed by atoms with Crippen LogP contribution in [0.2, 0.25) is 0 Å². The van der Waals surface area contributed by atoms with E-state index < -0.39 is 0 Å². The summed E-state index contributed by atoms with van der Waals surface area (Å²) < 4.78 is 8.17. The summed E-state index contributed by atoms with van der Waals surface area (Å²) in [7, 11) is 2.22. The number of nitrogens with zero attached hydrogens (tertiary/aromatic N) is 5. The maximum Gasteiger partial charge on any atom is 0.253 e. The van der Waals surface area contributed by atoms with Gasteiger partial charge in [-0.25, -0.2) is 9.50 Å². The average molecular weight is 470 g/mol. The Balaban J connectivity index is 1.36. The second-order valence-corrected chi connectivity index (χ2v) is 10.0. The number of ether oxygens (including phenoxy) is 1. The fraction of sp³-hybridized carbons (Fsp3) is 0.500. The molecule has 33 heavy (non-hydrogen) atoms. The van der Waals surface area contributed by atoms with Crippen molar-refractivity contribution < 1.29 is 14.0 Å². The Morgan fingerprint density at radius 1 is 1.15 bits per heavy atom. The fourth-order valence-electron chi connectivity index (χ4n) is 4.07. The summed E-state index contributed by atoms with van der Waals surface area (Å²) in [6.45, 7) is 11.3. The van der Waals surface area contributed by atoms with Gasteiger partial charge in [0.1, 0.15) is 13.1 Å². The van der Waals surface area contributed by atoms with Crippen molar-refractivity contribution >= 4 is 23.4 Å². The number of fused-ring (bicyclic) bond motifs is 1. The maximum absolute atomic E-state index is 12.3. The van der Waals surface area contributed by atoms with E-state index in [4.69, 9.17) is 4.74 Å². The molecule has 2 aromatic heterocycles. The molecule has 1 N–H and O–H groups in total. The number of benzene rings is 1. The average Bonchev–Trinajstić information content (AvgIpc) is 3.20. The largest absolute Gasteiger partial charge is 0.370 e. The monoisotopic (exact) mass is 469 g/mol. The number of hydrogen-bond acceptors (Lipinski definition) is 6. The van der Waals surface area contributed by atoms with Crippen molar-refractivity contribution in [2.24, 2.45) is 0 Å². The van der Waals surface area contributed by atoms with E-state index in [2.05, 4.69) is 65.5 Å². The summed E-state index contributed by atoms with van der Waals surface area (Å²) in [6, 6.07) is 8.57. The molecule has 4 rings (SSSR count). The second kappa shape index (κ2) is 10.2. The number of rotatable bonds is 8. The highest BCUT2D eigenvalue weighted by molar-refractivity contribution is 7.99. The smallest absolute Gasteiger partial charge is 0.253 e. The van der Waals surface area contributed by atoms with Gasteiger partial charge in [0.05, 0.1) is 39.1 Å². The van der Waals surface area contributed by atoms with Crippen LogP contribution in [0.1, 0.15) is 28.1 Å². The van der Waals surface area contributed by atoms with E-state index in [-0.39, 0.29) is 11.7 Å². The van der Waals surface area contributed by atoms with E-state index in [0.29, 0.717) is 17.5 Å². The van der Waals surface area contributed by atoms with Gasteiger partial charge in [0, 0.05) is 17.8 Å². The van der Waals surface area contributed by atoms with Crippen molar-refractivity contribution in [3.05, 3.63) is 52.3 Å². The summed E-state index contributed by atoms with van der Waals surface area (Å²) in [5.74, 6) is 0.864. The quantitative estimate of drug-likeness (QED) is 0.403. The summed E-state index contributed by atoms with van der Waals surface area (Å²) in [6.07, 6.45) is 0.801. The van der Waals surface area contributed by atoms with Gasteiger partial charge >= 0.3 is 0 Å². The molecule has 0 unspecified atom stereocenters. The van der Waals surface area contributed by atoms with Crippen LogP contribution >= 0.6 is 11.8 Å². The van der Waals surface area contributed by atoms with Crippen LogP contribution in [0.4, 0.5) is 0 Å². The predicted octanol–water partition coefficient (Wildman–Crippen LogP) is 2.33. The van der Waals surface area contributed by atoms with Crippen molar-refractivity contribution in [3.63, 3.8) is 0 Å². The van der Waals surface area contributed by atoms with Gasteiger partial charge in [-0.2, -0.15) is 4.98 Å². The van der Waals surface area contributed by atoms with E-state index in [9.17, 15) is 4.79 Å². The highest BCUT2D eigenvalue weighted by Crippen LogP contribution is 2.21. The fourth-order valence-corrected chi connectivity index (χ4v) is 4.72. The molecular weight excluding hydrogens is 436 g/mol.